The molecule has 3 rings (SSSR count). The number of hydrogen-bond donors (Lipinski definition) is 2. The van der Waals surface area contributed by atoms with Crippen LogP contribution in [0.5, 0.6) is 0 Å². The summed E-state index contributed by atoms with van der Waals surface area (Å²) < 4.78 is 5.35. The summed E-state index contributed by atoms with van der Waals surface area (Å²) >= 11 is 0. The second kappa shape index (κ2) is 8.34. The van der Waals surface area contributed by atoms with E-state index in [1.165, 1.54) is 6.20 Å². The Morgan fingerprint density at radius 2 is 1.83 bits per heavy atom. The largest absolute Gasteiger partial charge is 0.478 e. The molecular formula is C23H29N3O4. The van der Waals surface area contributed by atoms with Gasteiger partial charge in [-0.1, -0.05) is 29.3 Å². The third kappa shape index (κ3) is 5.09. The number of rotatable bonds is 4. The van der Waals surface area contributed by atoms with Crippen LogP contribution in [0.2, 0.25) is 0 Å². The molecule has 1 aromatic carbocycles. The van der Waals surface area contributed by atoms with Crippen molar-refractivity contribution in [2.24, 2.45) is 0 Å². The van der Waals surface area contributed by atoms with Gasteiger partial charge in [-0.05, 0) is 46.6 Å². The molecule has 2 aromatic rings. The number of carbonyl (C=O) groups is 2. The lowest BCUT2D eigenvalue weighted by Gasteiger charge is -2.25. The molecule has 0 spiro atoms. The Hall–Kier alpha value is -3.09. The number of aromatic nitrogens is 1. The Morgan fingerprint density at radius 1 is 1.17 bits per heavy atom. The summed E-state index contributed by atoms with van der Waals surface area (Å²) in [6, 6.07) is 6.02. The van der Waals surface area contributed by atoms with Crippen molar-refractivity contribution >= 4 is 17.7 Å². The summed E-state index contributed by atoms with van der Waals surface area (Å²) in [4.78, 5) is 30.3. The van der Waals surface area contributed by atoms with E-state index in [1.54, 1.807) is 6.20 Å². The first-order chi connectivity index (χ1) is 14.0. The smallest absolute Gasteiger partial charge is 0.407 e. The highest BCUT2D eigenvalue weighted by atomic mass is 16.6. The maximum atomic E-state index is 12.1. The van der Waals surface area contributed by atoms with Crippen molar-refractivity contribution in [2.45, 2.75) is 52.7 Å². The topological polar surface area (TPSA) is 91.8 Å². The molecule has 0 aliphatic carbocycles. The molecule has 1 aliphatic heterocycles. The summed E-state index contributed by atoms with van der Waals surface area (Å²) in [7, 11) is 0. The number of aromatic carboxylic acids is 1. The molecule has 0 radical (unpaired) electrons. The van der Waals surface area contributed by atoms with Crippen LogP contribution in [0, 0.1) is 13.8 Å². The summed E-state index contributed by atoms with van der Waals surface area (Å²) in [5, 5.41) is 12.7. The van der Waals surface area contributed by atoms with Gasteiger partial charge in [0.2, 0.25) is 0 Å². The van der Waals surface area contributed by atoms with E-state index >= 15 is 0 Å². The SMILES string of the molecule is Cc1cc(C)cc(-c2cncc(C(=O)O)c2N2CC[C@H](NC(=O)OC(C)(C)C)C2)c1. The number of carbonyl (C=O) groups excluding carboxylic acids is 1. The number of hydrogen-bond acceptors (Lipinski definition) is 5. The van der Waals surface area contributed by atoms with Crippen molar-refractivity contribution in [3.8, 4) is 11.1 Å². The molecule has 1 atom stereocenters. The second-order valence-electron chi connectivity index (χ2n) is 8.84. The summed E-state index contributed by atoms with van der Waals surface area (Å²) in [5.41, 5.74) is 4.13. The van der Waals surface area contributed by atoms with Crippen LogP contribution < -0.4 is 10.2 Å². The van der Waals surface area contributed by atoms with Crippen molar-refractivity contribution in [2.75, 3.05) is 18.0 Å². The van der Waals surface area contributed by atoms with Gasteiger partial charge in [0, 0.05) is 31.0 Å². The lowest BCUT2D eigenvalue weighted by molar-refractivity contribution is 0.0508. The van der Waals surface area contributed by atoms with Crippen LogP contribution in [0.3, 0.4) is 0 Å². The zero-order chi connectivity index (χ0) is 22.1. The maximum Gasteiger partial charge on any atom is 0.407 e. The van der Waals surface area contributed by atoms with E-state index in [9.17, 15) is 14.7 Å². The monoisotopic (exact) mass is 411 g/mol. The fourth-order valence-electron chi connectivity index (χ4n) is 3.85. The Bertz CT molecular complexity index is 945. The van der Waals surface area contributed by atoms with E-state index in [1.807, 2.05) is 51.7 Å². The minimum absolute atomic E-state index is 0.123. The van der Waals surface area contributed by atoms with Crippen LogP contribution in [0.15, 0.2) is 30.6 Å². The molecule has 1 fully saturated rings. The number of carboxylic acids is 1. The fourth-order valence-corrected chi connectivity index (χ4v) is 3.85. The van der Waals surface area contributed by atoms with E-state index in [-0.39, 0.29) is 11.6 Å². The van der Waals surface area contributed by atoms with E-state index in [0.29, 0.717) is 25.2 Å². The highest BCUT2D eigenvalue weighted by Crippen LogP contribution is 2.36. The average Bonchev–Trinajstić information content (AvgIpc) is 3.06. The zero-order valence-corrected chi connectivity index (χ0v) is 18.2. The van der Waals surface area contributed by atoms with Crippen LogP contribution in [0.1, 0.15) is 48.7 Å². The molecule has 2 heterocycles. The lowest BCUT2D eigenvalue weighted by Crippen LogP contribution is -2.40. The predicted octanol–water partition coefficient (Wildman–Crippen LogP) is 4.17. The molecule has 0 saturated carbocycles. The molecule has 0 unspecified atom stereocenters. The Morgan fingerprint density at radius 3 is 2.43 bits per heavy atom. The normalized spacial score (nSPS) is 16.4. The molecule has 1 saturated heterocycles. The number of aryl methyl sites for hydroxylation is 2. The minimum atomic E-state index is -1.02. The number of anilines is 1. The molecule has 1 aromatic heterocycles. The van der Waals surface area contributed by atoms with Crippen LogP contribution >= 0.6 is 0 Å². The second-order valence-corrected chi connectivity index (χ2v) is 8.84. The number of alkyl carbamates (subject to hydrolysis) is 1. The number of carboxylic acid groups (broad SMARTS) is 1. The summed E-state index contributed by atoms with van der Waals surface area (Å²) in [6.07, 6.45) is 3.34. The van der Waals surface area contributed by atoms with E-state index < -0.39 is 17.7 Å². The van der Waals surface area contributed by atoms with Crippen molar-refractivity contribution in [3.05, 3.63) is 47.3 Å². The van der Waals surface area contributed by atoms with Crippen molar-refractivity contribution in [1.29, 1.82) is 0 Å². The molecule has 0 bridgehead atoms. The zero-order valence-electron chi connectivity index (χ0n) is 18.2. The average molecular weight is 412 g/mol. The summed E-state index contributed by atoms with van der Waals surface area (Å²) in [6.45, 7) is 10.6. The maximum absolute atomic E-state index is 12.1. The first-order valence-corrected chi connectivity index (χ1v) is 10.1. The van der Waals surface area contributed by atoms with Gasteiger partial charge >= 0.3 is 12.1 Å². The number of nitrogens with zero attached hydrogens (tertiary/aromatic N) is 2. The molecule has 160 valence electrons. The molecule has 1 aliphatic rings. The minimum Gasteiger partial charge on any atom is -0.478 e. The molecule has 30 heavy (non-hydrogen) atoms. The standard InChI is InChI=1S/C23H29N3O4/c1-14-8-15(2)10-16(9-14)18-11-24-12-19(21(27)28)20(18)26-7-6-17(13-26)25-22(29)30-23(3,4)5/h8-12,17H,6-7,13H2,1-5H3,(H,25,29)(H,27,28)/t17-/m0/s1. The Labute approximate surface area is 177 Å². The first kappa shape index (κ1) is 21.6. The van der Waals surface area contributed by atoms with Gasteiger partial charge in [-0.2, -0.15) is 0 Å². The molecule has 1 amide bonds. The van der Waals surface area contributed by atoms with Gasteiger partial charge in [0.15, 0.2) is 0 Å². The number of benzene rings is 1. The Kier molecular flexibility index (Phi) is 6.01. The lowest BCUT2D eigenvalue weighted by atomic mass is 9.98. The van der Waals surface area contributed by atoms with Crippen LogP contribution in [0.4, 0.5) is 10.5 Å². The summed E-state index contributed by atoms with van der Waals surface area (Å²) in [5.74, 6) is -1.02. The number of ether oxygens (including phenoxy) is 1. The third-order valence-electron chi connectivity index (χ3n) is 4.91. The van der Waals surface area contributed by atoms with Crippen LogP contribution in [-0.2, 0) is 4.74 Å². The van der Waals surface area contributed by atoms with Gasteiger partial charge in [0.1, 0.15) is 11.2 Å². The van der Waals surface area contributed by atoms with Crippen molar-refractivity contribution in [1.82, 2.24) is 10.3 Å². The van der Waals surface area contributed by atoms with Crippen LogP contribution in [0.25, 0.3) is 11.1 Å². The van der Waals surface area contributed by atoms with E-state index in [4.69, 9.17) is 4.74 Å². The third-order valence-corrected chi connectivity index (χ3v) is 4.91. The van der Waals surface area contributed by atoms with E-state index in [2.05, 4.69) is 16.4 Å². The molecule has 7 nitrogen and oxygen atoms in total. The van der Waals surface area contributed by atoms with Gasteiger partial charge in [0.05, 0.1) is 11.7 Å². The van der Waals surface area contributed by atoms with Crippen LogP contribution in [-0.4, -0.2) is 46.9 Å². The number of nitrogens with one attached hydrogen (secondary N) is 1. The van der Waals surface area contributed by atoms with Gasteiger partial charge in [-0.3, -0.25) is 4.98 Å². The highest BCUT2D eigenvalue weighted by molar-refractivity contribution is 5.99. The predicted molar refractivity (Wildman–Crippen MR) is 116 cm³/mol. The molecular weight excluding hydrogens is 382 g/mol. The number of pyridine rings is 1. The molecule has 2 N–H and O–H groups in total. The number of amides is 1. The van der Waals surface area contributed by atoms with Gasteiger partial charge < -0.3 is 20.1 Å². The van der Waals surface area contributed by atoms with Gasteiger partial charge in [-0.25, -0.2) is 9.59 Å². The van der Waals surface area contributed by atoms with Crippen molar-refractivity contribution in [3.63, 3.8) is 0 Å². The quantitative estimate of drug-likeness (QED) is 0.785. The van der Waals surface area contributed by atoms with Gasteiger partial charge in [-0.15, -0.1) is 0 Å². The van der Waals surface area contributed by atoms with Crippen molar-refractivity contribution < 1.29 is 19.4 Å². The highest BCUT2D eigenvalue weighted by Gasteiger charge is 2.30. The van der Waals surface area contributed by atoms with E-state index in [0.717, 1.165) is 22.3 Å². The Balaban J connectivity index is 1.92. The van der Waals surface area contributed by atoms with Gasteiger partial charge in [0.25, 0.3) is 0 Å². The first-order valence-electron chi connectivity index (χ1n) is 10.1. The molecule has 7 heteroatoms. The fraction of sp³-hybridized carbons (Fsp3) is 0.435.